The molecule has 0 atom stereocenters. The molecule has 25 heavy (non-hydrogen) atoms. The monoisotopic (exact) mass is 364 g/mol. The molecule has 0 aliphatic rings. The second-order valence-electron chi connectivity index (χ2n) is 4.90. The van der Waals surface area contributed by atoms with Crippen LogP contribution in [0.1, 0.15) is 31.1 Å². The first-order valence-electron chi connectivity index (χ1n) is 8.08. The smallest absolute Gasteiger partial charge is 0.256 e. The number of rotatable bonds is 8. The molecule has 0 bridgehead atoms. The topological polar surface area (TPSA) is 69.7 Å². The summed E-state index contributed by atoms with van der Waals surface area (Å²) in [6.45, 7) is 6.92. The number of anilines is 1. The number of hydrogen-bond donors (Lipinski definition) is 1. The van der Waals surface area contributed by atoms with E-state index in [2.05, 4.69) is 10.3 Å². The number of ether oxygens (including phenoxy) is 3. The third-order valence-electron chi connectivity index (χ3n) is 3.18. The van der Waals surface area contributed by atoms with Crippen LogP contribution in [0.2, 0.25) is 5.15 Å². The van der Waals surface area contributed by atoms with Crippen LogP contribution in [-0.4, -0.2) is 30.7 Å². The van der Waals surface area contributed by atoms with E-state index < -0.39 is 0 Å². The van der Waals surface area contributed by atoms with Crippen molar-refractivity contribution in [3.63, 3.8) is 0 Å². The van der Waals surface area contributed by atoms with Crippen molar-refractivity contribution in [2.75, 3.05) is 25.1 Å². The summed E-state index contributed by atoms with van der Waals surface area (Å²) in [6, 6.07) is 6.61. The van der Waals surface area contributed by atoms with Gasteiger partial charge < -0.3 is 19.5 Å². The van der Waals surface area contributed by atoms with Gasteiger partial charge in [0.1, 0.15) is 0 Å². The molecule has 1 N–H and O–H groups in total. The molecule has 1 amide bonds. The number of halogens is 1. The van der Waals surface area contributed by atoms with Gasteiger partial charge in [-0.3, -0.25) is 4.79 Å². The van der Waals surface area contributed by atoms with Gasteiger partial charge in [-0.1, -0.05) is 11.6 Å². The lowest BCUT2D eigenvalue weighted by atomic mass is 10.1. The zero-order valence-electron chi connectivity index (χ0n) is 14.5. The molecule has 0 aliphatic carbocycles. The van der Waals surface area contributed by atoms with Crippen LogP contribution in [0.4, 0.5) is 5.69 Å². The highest BCUT2D eigenvalue weighted by Crippen LogP contribution is 2.39. The number of aromatic nitrogens is 1. The van der Waals surface area contributed by atoms with Gasteiger partial charge in [-0.05, 0) is 45.0 Å². The van der Waals surface area contributed by atoms with E-state index in [4.69, 9.17) is 25.8 Å². The Kier molecular flexibility index (Phi) is 6.89. The van der Waals surface area contributed by atoms with Gasteiger partial charge in [0.2, 0.25) is 5.75 Å². The minimum absolute atomic E-state index is 0.219. The number of nitrogens with one attached hydrogen (secondary N) is 1. The maximum absolute atomic E-state index is 12.6. The fraction of sp³-hybridized carbons (Fsp3) is 0.333. The normalized spacial score (nSPS) is 10.2. The maximum Gasteiger partial charge on any atom is 0.256 e. The molecule has 7 heteroatoms. The molecule has 0 aliphatic heterocycles. The van der Waals surface area contributed by atoms with Gasteiger partial charge in [-0.25, -0.2) is 4.98 Å². The first kappa shape index (κ1) is 18.9. The Bertz CT molecular complexity index is 710. The van der Waals surface area contributed by atoms with E-state index in [0.717, 1.165) is 0 Å². The Hall–Kier alpha value is -2.47. The molecule has 2 rings (SSSR count). The third kappa shape index (κ3) is 4.76. The number of hydrogen-bond acceptors (Lipinski definition) is 5. The molecular weight excluding hydrogens is 344 g/mol. The van der Waals surface area contributed by atoms with E-state index in [-0.39, 0.29) is 11.1 Å². The average molecular weight is 365 g/mol. The van der Waals surface area contributed by atoms with E-state index in [0.29, 0.717) is 48.3 Å². The predicted molar refractivity (Wildman–Crippen MR) is 97.1 cm³/mol. The summed E-state index contributed by atoms with van der Waals surface area (Å²) in [5, 5.41) is 2.95. The number of amides is 1. The van der Waals surface area contributed by atoms with Crippen LogP contribution in [0.25, 0.3) is 0 Å². The molecule has 0 saturated carbocycles. The van der Waals surface area contributed by atoms with Crippen molar-refractivity contribution < 1.29 is 19.0 Å². The molecule has 0 fully saturated rings. The highest BCUT2D eigenvalue weighted by molar-refractivity contribution is 6.32. The highest BCUT2D eigenvalue weighted by atomic mass is 35.5. The van der Waals surface area contributed by atoms with Gasteiger partial charge in [0.25, 0.3) is 5.91 Å². The summed E-state index contributed by atoms with van der Waals surface area (Å²) in [6.07, 6.45) is 1.55. The van der Waals surface area contributed by atoms with E-state index in [1.807, 2.05) is 20.8 Å². The lowest BCUT2D eigenvalue weighted by Crippen LogP contribution is -2.14. The lowest BCUT2D eigenvalue weighted by molar-refractivity contribution is 0.102. The SMILES string of the molecule is CCOc1cc(C(=O)Nc2cccnc2Cl)cc(OCC)c1OCC. The summed E-state index contributed by atoms with van der Waals surface area (Å²) in [5.41, 5.74) is 0.800. The molecule has 6 nitrogen and oxygen atoms in total. The molecule has 1 aromatic heterocycles. The Balaban J connectivity index is 2.39. The minimum atomic E-state index is -0.347. The molecule has 0 radical (unpaired) electrons. The van der Waals surface area contributed by atoms with Crippen molar-refractivity contribution in [1.82, 2.24) is 4.98 Å². The Morgan fingerprint density at radius 3 is 2.20 bits per heavy atom. The molecule has 134 valence electrons. The Labute approximate surface area is 152 Å². The average Bonchev–Trinajstić information content (AvgIpc) is 2.60. The van der Waals surface area contributed by atoms with E-state index in [9.17, 15) is 4.79 Å². The largest absolute Gasteiger partial charge is 0.490 e. The summed E-state index contributed by atoms with van der Waals surface area (Å²) in [5.74, 6) is 1.05. The number of carbonyl (C=O) groups is 1. The molecule has 0 unspecified atom stereocenters. The van der Waals surface area contributed by atoms with Crippen LogP contribution in [0.15, 0.2) is 30.5 Å². The maximum atomic E-state index is 12.6. The molecule has 2 aromatic rings. The summed E-state index contributed by atoms with van der Waals surface area (Å²) in [4.78, 5) is 16.5. The van der Waals surface area contributed by atoms with Crippen molar-refractivity contribution in [3.05, 3.63) is 41.2 Å². The van der Waals surface area contributed by atoms with Crippen molar-refractivity contribution in [2.45, 2.75) is 20.8 Å². The zero-order valence-corrected chi connectivity index (χ0v) is 15.2. The number of pyridine rings is 1. The highest BCUT2D eigenvalue weighted by Gasteiger charge is 2.19. The molecule has 0 spiro atoms. The van der Waals surface area contributed by atoms with Gasteiger partial charge in [0.15, 0.2) is 16.7 Å². The Morgan fingerprint density at radius 2 is 1.68 bits per heavy atom. The van der Waals surface area contributed by atoms with Crippen molar-refractivity contribution in [1.29, 1.82) is 0 Å². The van der Waals surface area contributed by atoms with E-state index in [1.165, 1.54) is 0 Å². The quantitative estimate of drug-likeness (QED) is 0.711. The van der Waals surface area contributed by atoms with Gasteiger partial charge in [-0.2, -0.15) is 0 Å². The van der Waals surface area contributed by atoms with Crippen molar-refractivity contribution in [2.24, 2.45) is 0 Å². The van der Waals surface area contributed by atoms with E-state index in [1.54, 1.807) is 30.5 Å². The van der Waals surface area contributed by atoms with Crippen LogP contribution in [0, 0.1) is 0 Å². The second-order valence-corrected chi connectivity index (χ2v) is 5.25. The van der Waals surface area contributed by atoms with Gasteiger partial charge >= 0.3 is 0 Å². The lowest BCUT2D eigenvalue weighted by Gasteiger charge is -2.17. The Morgan fingerprint density at radius 1 is 1.08 bits per heavy atom. The summed E-state index contributed by atoms with van der Waals surface area (Å²) >= 11 is 5.99. The number of nitrogens with zero attached hydrogens (tertiary/aromatic N) is 1. The molecule has 1 aromatic carbocycles. The zero-order chi connectivity index (χ0) is 18.2. The standard InChI is InChI=1S/C18H21ClN2O4/c1-4-23-14-10-12(11-15(24-5-2)16(14)25-6-3)18(22)21-13-8-7-9-20-17(13)19/h7-11H,4-6H2,1-3H3,(H,21,22). The first-order chi connectivity index (χ1) is 12.1. The molecule has 0 saturated heterocycles. The van der Waals surface area contributed by atoms with Gasteiger partial charge in [-0.15, -0.1) is 0 Å². The van der Waals surface area contributed by atoms with Gasteiger partial charge in [0, 0.05) is 11.8 Å². The van der Waals surface area contributed by atoms with Crippen molar-refractivity contribution in [3.8, 4) is 17.2 Å². The van der Waals surface area contributed by atoms with Crippen molar-refractivity contribution >= 4 is 23.2 Å². The predicted octanol–water partition coefficient (Wildman–Crippen LogP) is 4.18. The molecule has 1 heterocycles. The van der Waals surface area contributed by atoms with Crippen LogP contribution in [0.5, 0.6) is 17.2 Å². The van der Waals surface area contributed by atoms with Crippen LogP contribution in [0.3, 0.4) is 0 Å². The number of carbonyl (C=O) groups excluding carboxylic acids is 1. The fourth-order valence-corrected chi connectivity index (χ4v) is 2.36. The van der Waals surface area contributed by atoms with Crippen LogP contribution >= 0.6 is 11.6 Å². The van der Waals surface area contributed by atoms with Gasteiger partial charge in [0.05, 0.1) is 25.5 Å². The fourth-order valence-electron chi connectivity index (χ4n) is 2.19. The molecular formula is C18H21ClN2O4. The number of benzene rings is 1. The first-order valence-corrected chi connectivity index (χ1v) is 8.46. The summed E-state index contributed by atoms with van der Waals surface area (Å²) < 4.78 is 16.9. The van der Waals surface area contributed by atoms with Crippen LogP contribution in [-0.2, 0) is 0 Å². The third-order valence-corrected chi connectivity index (χ3v) is 3.48. The second kappa shape index (κ2) is 9.13. The van der Waals surface area contributed by atoms with Crippen LogP contribution < -0.4 is 19.5 Å². The summed E-state index contributed by atoms with van der Waals surface area (Å²) in [7, 11) is 0. The van der Waals surface area contributed by atoms with E-state index >= 15 is 0 Å². The minimum Gasteiger partial charge on any atom is -0.490 e.